The summed E-state index contributed by atoms with van der Waals surface area (Å²) in [5.41, 5.74) is -0.298. The number of nitro benzene ring substituents is 1. The lowest BCUT2D eigenvalue weighted by Gasteiger charge is -2.08. The van der Waals surface area contributed by atoms with Crippen molar-refractivity contribution in [3.8, 4) is 0 Å². The molecule has 1 aromatic heterocycles. The van der Waals surface area contributed by atoms with Crippen LogP contribution in [0.15, 0.2) is 30.3 Å². The number of halogens is 1. The van der Waals surface area contributed by atoms with Crippen LogP contribution >= 0.6 is 0 Å². The van der Waals surface area contributed by atoms with E-state index in [1.54, 1.807) is 6.92 Å². The van der Waals surface area contributed by atoms with Crippen LogP contribution in [0.2, 0.25) is 0 Å². The van der Waals surface area contributed by atoms with Crippen molar-refractivity contribution in [1.82, 2.24) is 4.98 Å². The van der Waals surface area contributed by atoms with Crippen LogP contribution in [0.25, 0.3) is 0 Å². The molecule has 0 spiro atoms. The number of anilines is 1. The van der Waals surface area contributed by atoms with Crippen LogP contribution < -0.4 is 5.32 Å². The van der Waals surface area contributed by atoms with E-state index in [0.717, 1.165) is 18.2 Å². The van der Waals surface area contributed by atoms with Crippen LogP contribution in [0.4, 0.5) is 15.8 Å². The zero-order chi connectivity index (χ0) is 18.6. The van der Waals surface area contributed by atoms with Gasteiger partial charge in [-0.1, -0.05) is 0 Å². The molecule has 0 aliphatic rings. The second kappa shape index (κ2) is 7.47. The van der Waals surface area contributed by atoms with Gasteiger partial charge in [-0.3, -0.25) is 14.9 Å². The molecule has 130 valence electrons. The third-order valence-corrected chi connectivity index (χ3v) is 3.22. The molecule has 0 unspecified atom stereocenters. The van der Waals surface area contributed by atoms with Crippen LogP contribution in [-0.4, -0.2) is 28.4 Å². The minimum absolute atomic E-state index is 0.0727. The molecule has 8 nitrogen and oxygen atoms in total. The summed E-state index contributed by atoms with van der Waals surface area (Å²) in [6.07, 6.45) is 0. The molecule has 0 atom stereocenters. The molecule has 0 radical (unpaired) electrons. The van der Waals surface area contributed by atoms with Gasteiger partial charge in [0.15, 0.2) is 0 Å². The summed E-state index contributed by atoms with van der Waals surface area (Å²) in [5.74, 6) is -2.15. The van der Waals surface area contributed by atoms with E-state index in [4.69, 9.17) is 4.74 Å². The first kappa shape index (κ1) is 18.0. The fraction of sp³-hybridized carbons (Fsp3) is 0.188. The van der Waals surface area contributed by atoms with E-state index in [9.17, 15) is 24.1 Å². The van der Waals surface area contributed by atoms with E-state index in [1.807, 2.05) is 0 Å². The van der Waals surface area contributed by atoms with Gasteiger partial charge in [-0.2, -0.15) is 0 Å². The van der Waals surface area contributed by atoms with E-state index in [-0.39, 0.29) is 34.9 Å². The average Bonchev–Trinajstić information content (AvgIpc) is 2.56. The first-order valence-electron chi connectivity index (χ1n) is 7.23. The van der Waals surface area contributed by atoms with Crippen molar-refractivity contribution >= 4 is 23.3 Å². The maximum absolute atomic E-state index is 13.7. The number of nitrogens with one attached hydrogen (secondary N) is 1. The molecule has 1 amide bonds. The molecule has 1 aromatic carbocycles. The minimum Gasteiger partial charge on any atom is -0.462 e. The van der Waals surface area contributed by atoms with Gasteiger partial charge in [-0.05, 0) is 32.0 Å². The van der Waals surface area contributed by atoms with Crippen molar-refractivity contribution in [3.63, 3.8) is 0 Å². The number of ether oxygens (including phenoxy) is 1. The molecule has 0 saturated heterocycles. The molecule has 0 bridgehead atoms. The molecular weight excluding hydrogens is 333 g/mol. The molecule has 1 N–H and O–H groups in total. The van der Waals surface area contributed by atoms with Gasteiger partial charge in [0.2, 0.25) is 0 Å². The molecule has 0 fully saturated rings. The van der Waals surface area contributed by atoms with E-state index < -0.39 is 22.6 Å². The number of non-ortho nitro benzene ring substituents is 1. The minimum atomic E-state index is -0.821. The Morgan fingerprint density at radius 3 is 2.64 bits per heavy atom. The Balaban J connectivity index is 2.24. The summed E-state index contributed by atoms with van der Waals surface area (Å²) in [4.78, 5) is 37.9. The Hall–Kier alpha value is -3.36. The highest BCUT2D eigenvalue weighted by molar-refractivity contribution is 6.03. The van der Waals surface area contributed by atoms with Gasteiger partial charge in [0.05, 0.1) is 28.5 Å². The van der Waals surface area contributed by atoms with Crippen molar-refractivity contribution in [2.75, 3.05) is 11.9 Å². The number of nitrogens with zero attached hydrogens (tertiary/aromatic N) is 2. The van der Waals surface area contributed by atoms with Gasteiger partial charge in [-0.25, -0.2) is 14.2 Å². The number of nitro groups is 1. The number of amides is 1. The molecule has 25 heavy (non-hydrogen) atoms. The quantitative estimate of drug-likeness (QED) is 0.506. The Morgan fingerprint density at radius 1 is 1.32 bits per heavy atom. The average molecular weight is 347 g/mol. The Morgan fingerprint density at radius 2 is 2.04 bits per heavy atom. The second-order valence-corrected chi connectivity index (χ2v) is 4.93. The summed E-state index contributed by atoms with van der Waals surface area (Å²) in [6.45, 7) is 3.39. The van der Waals surface area contributed by atoms with E-state index in [2.05, 4.69) is 10.3 Å². The lowest BCUT2D eigenvalue weighted by molar-refractivity contribution is -0.384. The van der Waals surface area contributed by atoms with E-state index >= 15 is 0 Å². The number of rotatable bonds is 5. The summed E-state index contributed by atoms with van der Waals surface area (Å²) in [6, 6.07) is 5.44. The van der Waals surface area contributed by atoms with Gasteiger partial charge < -0.3 is 10.1 Å². The normalized spacial score (nSPS) is 10.2. The lowest BCUT2D eigenvalue weighted by atomic mass is 10.2. The van der Waals surface area contributed by atoms with Gasteiger partial charge in [0, 0.05) is 12.1 Å². The lowest BCUT2D eigenvalue weighted by Crippen LogP contribution is -2.17. The van der Waals surface area contributed by atoms with Crippen LogP contribution in [-0.2, 0) is 4.74 Å². The number of pyridine rings is 1. The molecule has 2 aromatic rings. The molecule has 0 aliphatic carbocycles. The Labute approximate surface area is 141 Å². The predicted molar refractivity (Wildman–Crippen MR) is 85.9 cm³/mol. The summed E-state index contributed by atoms with van der Waals surface area (Å²) in [7, 11) is 0. The molecule has 0 saturated carbocycles. The Kier molecular flexibility index (Phi) is 5.38. The summed E-state index contributed by atoms with van der Waals surface area (Å²) in [5, 5.41) is 13.0. The number of hydrogen-bond donors (Lipinski definition) is 1. The largest absolute Gasteiger partial charge is 0.462 e. The van der Waals surface area contributed by atoms with Crippen molar-refractivity contribution in [2.24, 2.45) is 0 Å². The maximum atomic E-state index is 13.7. The van der Waals surface area contributed by atoms with Crippen molar-refractivity contribution < 1.29 is 23.6 Å². The summed E-state index contributed by atoms with van der Waals surface area (Å²) >= 11 is 0. The number of aromatic nitrogens is 1. The fourth-order valence-corrected chi connectivity index (χ4v) is 2.02. The number of benzene rings is 1. The third-order valence-electron chi connectivity index (χ3n) is 3.22. The first-order valence-corrected chi connectivity index (χ1v) is 7.23. The predicted octanol–water partition coefficient (Wildman–Crippen LogP) is 2.87. The van der Waals surface area contributed by atoms with Gasteiger partial charge in [0.25, 0.3) is 11.6 Å². The van der Waals surface area contributed by atoms with E-state index in [1.165, 1.54) is 19.1 Å². The van der Waals surface area contributed by atoms with Crippen LogP contribution in [0, 0.1) is 22.9 Å². The maximum Gasteiger partial charge on any atom is 0.339 e. The van der Waals surface area contributed by atoms with E-state index in [0.29, 0.717) is 0 Å². The third kappa shape index (κ3) is 4.14. The number of carbonyl (C=O) groups excluding carboxylic acids is 2. The van der Waals surface area contributed by atoms with Crippen LogP contribution in [0.3, 0.4) is 0 Å². The molecule has 0 aliphatic heterocycles. The van der Waals surface area contributed by atoms with Gasteiger partial charge in [-0.15, -0.1) is 0 Å². The number of carbonyl (C=O) groups is 2. The molecular formula is C16H14FN3O5. The zero-order valence-corrected chi connectivity index (χ0v) is 13.4. The van der Waals surface area contributed by atoms with Gasteiger partial charge in [0.1, 0.15) is 11.5 Å². The van der Waals surface area contributed by atoms with Crippen molar-refractivity contribution in [1.29, 1.82) is 0 Å². The standard InChI is InChI=1S/C16H14FN3O5/c1-3-25-16(22)11-5-7-13(18-9(11)2)15(21)19-14-8-10(20(23)24)4-6-12(14)17/h4-8H,3H2,1-2H3,(H,19,21). The highest BCUT2D eigenvalue weighted by Crippen LogP contribution is 2.22. The zero-order valence-electron chi connectivity index (χ0n) is 13.4. The van der Waals surface area contributed by atoms with Crippen LogP contribution in [0.5, 0.6) is 0 Å². The first-order chi connectivity index (χ1) is 11.8. The number of hydrogen-bond acceptors (Lipinski definition) is 6. The number of aryl methyl sites for hydroxylation is 1. The Bertz CT molecular complexity index is 854. The molecule has 2 rings (SSSR count). The SMILES string of the molecule is CCOC(=O)c1ccc(C(=O)Nc2cc([N+](=O)[O-])ccc2F)nc1C. The fourth-order valence-electron chi connectivity index (χ4n) is 2.02. The highest BCUT2D eigenvalue weighted by Gasteiger charge is 2.17. The molecule has 9 heteroatoms. The smallest absolute Gasteiger partial charge is 0.339 e. The number of esters is 1. The van der Waals surface area contributed by atoms with Gasteiger partial charge >= 0.3 is 5.97 Å². The topological polar surface area (TPSA) is 111 Å². The van der Waals surface area contributed by atoms with Crippen molar-refractivity contribution in [3.05, 3.63) is 63.2 Å². The van der Waals surface area contributed by atoms with Crippen molar-refractivity contribution in [2.45, 2.75) is 13.8 Å². The molecule has 1 heterocycles. The highest BCUT2D eigenvalue weighted by atomic mass is 19.1. The second-order valence-electron chi connectivity index (χ2n) is 4.93. The van der Waals surface area contributed by atoms with Crippen LogP contribution in [0.1, 0.15) is 33.5 Å². The monoisotopic (exact) mass is 347 g/mol. The summed E-state index contributed by atoms with van der Waals surface area (Å²) < 4.78 is 18.6.